The van der Waals surface area contributed by atoms with E-state index >= 15 is 0 Å². The summed E-state index contributed by atoms with van der Waals surface area (Å²) in [5.74, 6) is 1.13. The molecule has 1 rings (SSSR count). The minimum atomic E-state index is 0.218. The molecule has 0 aromatic heterocycles. The van der Waals surface area contributed by atoms with E-state index in [2.05, 4.69) is 39.9 Å². The van der Waals surface area contributed by atoms with Crippen LogP contribution in [0.3, 0.4) is 0 Å². The summed E-state index contributed by atoms with van der Waals surface area (Å²) in [6.07, 6.45) is 5.27. The predicted octanol–water partition coefficient (Wildman–Crippen LogP) is 4.06. The Kier molecular flexibility index (Phi) is 5.36. The van der Waals surface area contributed by atoms with Gasteiger partial charge in [-0.3, -0.25) is 4.99 Å². The third-order valence-electron chi connectivity index (χ3n) is 3.12. The van der Waals surface area contributed by atoms with E-state index in [9.17, 15) is 0 Å². The zero-order valence-electron chi connectivity index (χ0n) is 12.1. The lowest BCUT2D eigenvalue weighted by Gasteiger charge is -2.22. The van der Waals surface area contributed by atoms with Crippen LogP contribution >= 0.6 is 11.8 Å². The maximum absolute atomic E-state index is 4.74. The van der Waals surface area contributed by atoms with E-state index in [4.69, 9.17) is 4.99 Å². The molecule has 0 aromatic rings. The summed E-state index contributed by atoms with van der Waals surface area (Å²) >= 11 is 1.86. The van der Waals surface area contributed by atoms with Crippen molar-refractivity contribution >= 4 is 16.9 Å². The van der Waals surface area contributed by atoms with Gasteiger partial charge < -0.3 is 5.32 Å². The molecule has 1 aliphatic rings. The van der Waals surface area contributed by atoms with Gasteiger partial charge in [-0.2, -0.15) is 0 Å². The molecule has 17 heavy (non-hydrogen) atoms. The zero-order chi connectivity index (χ0) is 12.9. The Balaban J connectivity index is 2.36. The van der Waals surface area contributed by atoms with Crippen LogP contribution in [0.1, 0.15) is 60.3 Å². The average Bonchev–Trinajstić information content (AvgIpc) is 2.56. The summed E-state index contributed by atoms with van der Waals surface area (Å²) in [5.41, 5.74) is 0.562. The van der Waals surface area contributed by atoms with Crippen LogP contribution in [0.25, 0.3) is 0 Å². The molecule has 100 valence electrons. The summed E-state index contributed by atoms with van der Waals surface area (Å²) in [6.45, 7) is 12.3. The highest BCUT2D eigenvalue weighted by molar-refractivity contribution is 8.14. The highest BCUT2D eigenvalue weighted by atomic mass is 32.2. The first kappa shape index (κ1) is 14.9. The number of thioether (sulfide) groups is 1. The van der Waals surface area contributed by atoms with Crippen LogP contribution in [0.5, 0.6) is 0 Å². The molecule has 0 unspecified atom stereocenters. The van der Waals surface area contributed by atoms with Gasteiger partial charge >= 0.3 is 0 Å². The molecule has 0 amide bonds. The molecule has 1 saturated heterocycles. The number of hydrogen-bond donors (Lipinski definition) is 1. The molecular formula is C14H28N2S. The summed E-state index contributed by atoms with van der Waals surface area (Å²) in [4.78, 5) is 4.74. The summed E-state index contributed by atoms with van der Waals surface area (Å²) in [6, 6.07) is 0. The molecule has 0 radical (unpaired) electrons. The van der Waals surface area contributed by atoms with E-state index in [0.29, 0.717) is 5.41 Å². The van der Waals surface area contributed by atoms with Crippen molar-refractivity contribution in [2.45, 2.75) is 65.8 Å². The molecule has 1 N–H and O–H groups in total. The van der Waals surface area contributed by atoms with Crippen LogP contribution in [0, 0.1) is 5.41 Å². The Hall–Kier alpha value is -0.180. The molecule has 1 heterocycles. The Morgan fingerprint density at radius 1 is 1.35 bits per heavy atom. The van der Waals surface area contributed by atoms with Gasteiger partial charge in [0.05, 0.1) is 0 Å². The van der Waals surface area contributed by atoms with E-state index in [0.717, 1.165) is 17.5 Å². The number of hydrogen-bond acceptors (Lipinski definition) is 2. The maximum atomic E-state index is 4.74. The number of nitrogens with zero attached hydrogens (tertiary/aromatic N) is 1. The number of amidine groups is 1. The highest BCUT2D eigenvalue weighted by Crippen LogP contribution is 2.26. The van der Waals surface area contributed by atoms with E-state index in [1.54, 1.807) is 0 Å². The first-order valence-electron chi connectivity index (χ1n) is 6.80. The standard InChI is InChI=1S/C14H28N2S/c1-6-7-8-9-13(2,3)10-15-12-16-14(4,5)11-17-12/h6-11H2,1-5H3,(H,15,16). The second kappa shape index (κ2) is 6.12. The quantitative estimate of drug-likeness (QED) is 0.725. The largest absolute Gasteiger partial charge is 0.359 e. The Morgan fingerprint density at radius 2 is 2.06 bits per heavy atom. The molecule has 0 bridgehead atoms. The predicted molar refractivity (Wildman–Crippen MR) is 79.9 cm³/mol. The SMILES string of the molecule is CCCCCC(C)(C)CN=C1NC(C)(C)CS1. The Labute approximate surface area is 111 Å². The normalized spacial score (nSPS) is 21.8. The van der Waals surface area contributed by atoms with E-state index in [1.165, 1.54) is 25.7 Å². The minimum absolute atomic E-state index is 0.218. The van der Waals surface area contributed by atoms with Crippen LogP contribution in [0.4, 0.5) is 0 Å². The molecule has 0 aliphatic carbocycles. The summed E-state index contributed by atoms with van der Waals surface area (Å²) in [5, 5.41) is 4.62. The van der Waals surface area contributed by atoms with Gasteiger partial charge in [0.1, 0.15) is 0 Å². The second-order valence-corrected chi connectivity index (χ2v) is 7.50. The second-order valence-electron chi connectivity index (χ2n) is 6.54. The van der Waals surface area contributed by atoms with Crippen LogP contribution in [0.2, 0.25) is 0 Å². The van der Waals surface area contributed by atoms with Crippen molar-refractivity contribution < 1.29 is 0 Å². The van der Waals surface area contributed by atoms with Gasteiger partial charge in [-0.15, -0.1) is 0 Å². The van der Waals surface area contributed by atoms with Gasteiger partial charge in [-0.1, -0.05) is 51.8 Å². The van der Waals surface area contributed by atoms with E-state index < -0.39 is 0 Å². The van der Waals surface area contributed by atoms with Crippen molar-refractivity contribution in [1.29, 1.82) is 0 Å². The smallest absolute Gasteiger partial charge is 0.157 e. The molecule has 0 atom stereocenters. The average molecular weight is 256 g/mol. The van der Waals surface area contributed by atoms with Crippen LogP contribution in [-0.2, 0) is 0 Å². The molecule has 1 fully saturated rings. The van der Waals surface area contributed by atoms with Crippen molar-refractivity contribution in [1.82, 2.24) is 5.32 Å². The first-order chi connectivity index (χ1) is 7.85. The zero-order valence-corrected chi connectivity index (χ0v) is 12.9. The maximum Gasteiger partial charge on any atom is 0.157 e. The van der Waals surface area contributed by atoms with Crippen LogP contribution in [0.15, 0.2) is 4.99 Å². The fourth-order valence-corrected chi connectivity index (χ4v) is 2.99. The molecule has 0 aromatic carbocycles. The lowest BCUT2D eigenvalue weighted by atomic mass is 9.87. The van der Waals surface area contributed by atoms with Crippen molar-refractivity contribution in [3.05, 3.63) is 0 Å². The molecule has 1 aliphatic heterocycles. The molecular weight excluding hydrogens is 228 g/mol. The van der Waals surface area contributed by atoms with Gasteiger partial charge in [-0.25, -0.2) is 0 Å². The number of unbranched alkanes of at least 4 members (excludes halogenated alkanes) is 2. The monoisotopic (exact) mass is 256 g/mol. The molecule has 2 nitrogen and oxygen atoms in total. The van der Waals surface area contributed by atoms with Crippen molar-refractivity contribution in [2.75, 3.05) is 12.3 Å². The molecule has 0 saturated carbocycles. The van der Waals surface area contributed by atoms with Gasteiger partial charge in [-0.05, 0) is 25.7 Å². The van der Waals surface area contributed by atoms with Gasteiger partial charge in [0, 0.05) is 17.8 Å². The Morgan fingerprint density at radius 3 is 2.59 bits per heavy atom. The van der Waals surface area contributed by atoms with Gasteiger partial charge in [0.25, 0.3) is 0 Å². The highest BCUT2D eigenvalue weighted by Gasteiger charge is 2.27. The number of rotatable bonds is 6. The van der Waals surface area contributed by atoms with E-state index in [1.807, 2.05) is 11.8 Å². The van der Waals surface area contributed by atoms with Crippen molar-refractivity contribution in [2.24, 2.45) is 10.4 Å². The summed E-state index contributed by atoms with van der Waals surface area (Å²) < 4.78 is 0. The molecule has 0 spiro atoms. The number of nitrogens with one attached hydrogen (secondary N) is 1. The summed E-state index contributed by atoms with van der Waals surface area (Å²) in [7, 11) is 0. The van der Waals surface area contributed by atoms with Crippen molar-refractivity contribution in [3.63, 3.8) is 0 Å². The lowest BCUT2D eigenvalue weighted by Crippen LogP contribution is -2.37. The van der Waals surface area contributed by atoms with Crippen molar-refractivity contribution in [3.8, 4) is 0 Å². The number of aliphatic imine (C=N–C) groups is 1. The van der Waals surface area contributed by atoms with Crippen LogP contribution < -0.4 is 5.32 Å². The first-order valence-corrected chi connectivity index (χ1v) is 7.79. The molecule has 3 heteroatoms. The third kappa shape index (κ3) is 5.80. The van der Waals surface area contributed by atoms with Crippen LogP contribution in [-0.4, -0.2) is 23.0 Å². The van der Waals surface area contributed by atoms with E-state index in [-0.39, 0.29) is 5.54 Å². The lowest BCUT2D eigenvalue weighted by molar-refractivity contribution is 0.333. The third-order valence-corrected chi connectivity index (χ3v) is 4.49. The fraction of sp³-hybridized carbons (Fsp3) is 0.929. The van der Waals surface area contributed by atoms with Gasteiger partial charge in [0.2, 0.25) is 0 Å². The Bertz CT molecular complexity index is 269. The van der Waals surface area contributed by atoms with Gasteiger partial charge in [0.15, 0.2) is 5.17 Å². The minimum Gasteiger partial charge on any atom is -0.359 e. The fourth-order valence-electron chi connectivity index (χ4n) is 1.91. The topological polar surface area (TPSA) is 24.4 Å².